The monoisotopic (exact) mass is 298 g/mol. The number of anilines is 1. The van der Waals surface area contributed by atoms with E-state index in [-0.39, 0.29) is 11.2 Å². The van der Waals surface area contributed by atoms with Crippen LogP contribution in [0.5, 0.6) is 0 Å². The second-order valence-corrected chi connectivity index (χ2v) is 6.61. The summed E-state index contributed by atoms with van der Waals surface area (Å²) in [6.45, 7) is 10.2. The smallest absolute Gasteiger partial charge is 0.130 e. The Hall–Kier alpha value is -0.610. The first-order valence-electron chi connectivity index (χ1n) is 5.85. The van der Waals surface area contributed by atoms with E-state index in [1.165, 1.54) is 0 Å². The lowest BCUT2D eigenvalue weighted by Crippen LogP contribution is -2.57. The Balaban J connectivity index is 2.27. The van der Waals surface area contributed by atoms with Crippen LogP contribution in [0.3, 0.4) is 0 Å². The van der Waals surface area contributed by atoms with Crippen molar-refractivity contribution in [1.29, 1.82) is 0 Å². The Bertz CT molecular complexity index is 402. The summed E-state index contributed by atoms with van der Waals surface area (Å²) >= 11 is 3.42. The highest BCUT2D eigenvalue weighted by Gasteiger charge is 2.38. The molecule has 0 radical (unpaired) electrons. The molecule has 0 saturated carbocycles. The van der Waals surface area contributed by atoms with E-state index in [0.29, 0.717) is 0 Å². The minimum Gasteiger partial charge on any atom is -0.366 e. The third-order valence-corrected chi connectivity index (χ3v) is 3.16. The molecule has 4 heteroatoms. The summed E-state index contributed by atoms with van der Waals surface area (Å²) in [4.78, 5) is 6.80. The number of pyridine rings is 1. The van der Waals surface area contributed by atoms with Crippen LogP contribution in [0.15, 0.2) is 22.8 Å². The number of hydrogen-bond acceptors (Lipinski definition) is 3. The molecule has 2 rings (SSSR count). The third kappa shape index (κ3) is 3.19. The third-order valence-electron chi connectivity index (χ3n) is 2.72. The van der Waals surface area contributed by atoms with E-state index in [0.717, 1.165) is 23.5 Å². The van der Waals surface area contributed by atoms with Gasteiger partial charge in [-0.05, 0) is 55.8 Å². The van der Waals surface area contributed by atoms with E-state index in [9.17, 15) is 0 Å². The molecule has 3 nitrogen and oxygen atoms in total. The van der Waals surface area contributed by atoms with Crippen LogP contribution in [-0.2, 0) is 4.74 Å². The highest BCUT2D eigenvalue weighted by atomic mass is 79.9. The number of halogens is 1. The number of ether oxygens (including phenoxy) is 1. The van der Waals surface area contributed by atoms with E-state index >= 15 is 0 Å². The van der Waals surface area contributed by atoms with Gasteiger partial charge in [-0.3, -0.25) is 0 Å². The van der Waals surface area contributed by atoms with Crippen molar-refractivity contribution >= 4 is 21.7 Å². The van der Waals surface area contributed by atoms with Crippen molar-refractivity contribution in [2.75, 3.05) is 18.0 Å². The Morgan fingerprint density at radius 2 is 1.76 bits per heavy atom. The van der Waals surface area contributed by atoms with Crippen molar-refractivity contribution in [2.45, 2.75) is 38.9 Å². The van der Waals surface area contributed by atoms with Gasteiger partial charge in [-0.2, -0.15) is 0 Å². The van der Waals surface area contributed by atoms with Crippen molar-refractivity contribution in [1.82, 2.24) is 4.98 Å². The molecule has 0 atom stereocenters. The molecule has 0 aliphatic carbocycles. The van der Waals surface area contributed by atoms with Gasteiger partial charge in [0.1, 0.15) is 10.4 Å². The molecule has 1 saturated heterocycles. The maximum Gasteiger partial charge on any atom is 0.130 e. The van der Waals surface area contributed by atoms with Gasteiger partial charge in [0.25, 0.3) is 0 Å². The molecule has 1 aliphatic rings. The zero-order valence-electron chi connectivity index (χ0n) is 10.8. The van der Waals surface area contributed by atoms with Gasteiger partial charge in [0.2, 0.25) is 0 Å². The van der Waals surface area contributed by atoms with Crippen molar-refractivity contribution in [3.63, 3.8) is 0 Å². The average Bonchev–Trinajstić information content (AvgIpc) is 2.12. The van der Waals surface area contributed by atoms with Crippen LogP contribution >= 0.6 is 15.9 Å². The summed E-state index contributed by atoms with van der Waals surface area (Å²) < 4.78 is 6.93. The average molecular weight is 299 g/mol. The molecule has 1 aliphatic heterocycles. The molecule has 94 valence electrons. The van der Waals surface area contributed by atoms with Gasteiger partial charge >= 0.3 is 0 Å². The minimum atomic E-state index is -0.147. The minimum absolute atomic E-state index is 0.147. The quantitative estimate of drug-likeness (QED) is 0.744. The summed E-state index contributed by atoms with van der Waals surface area (Å²) in [5.41, 5.74) is -0.294. The molecule has 0 amide bonds. The standard InChI is InChI=1S/C13H19BrN2O/c1-12(2)8-16(9-13(3,4)17-12)11-7-5-6-10(14)15-11/h5-7H,8-9H2,1-4H3. The van der Waals surface area contributed by atoms with Crippen molar-refractivity contribution in [3.8, 4) is 0 Å². The van der Waals surface area contributed by atoms with Gasteiger partial charge in [-0.1, -0.05) is 6.07 Å². The van der Waals surface area contributed by atoms with E-state index in [1.54, 1.807) is 0 Å². The van der Waals surface area contributed by atoms with Crippen LogP contribution < -0.4 is 4.90 Å². The van der Waals surface area contributed by atoms with Gasteiger partial charge in [-0.15, -0.1) is 0 Å². The molecule has 0 aromatic carbocycles. The highest BCUT2D eigenvalue weighted by Crippen LogP contribution is 2.30. The fraction of sp³-hybridized carbons (Fsp3) is 0.615. The first-order valence-corrected chi connectivity index (χ1v) is 6.64. The summed E-state index contributed by atoms with van der Waals surface area (Å²) in [5.74, 6) is 1.00. The molecular formula is C13H19BrN2O. The number of morpholine rings is 1. The lowest BCUT2D eigenvalue weighted by molar-refractivity contribution is -0.133. The Kier molecular flexibility index (Phi) is 3.21. The fourth-order valence-electron chi connectivity index (χ4n) is 2.52. The molecule has 0 bridgehead atoms. The number of aromatic nitrogens is 1. The van der Waals surface area contributed by atoms with Gasteiger partial charge in [0.15, 0.2) is 0 Å². The zero-order chi connectivity index (χ0) is 12.7. The van der Waals surface area contributed by atoms with Gasteiger partial charge < -0.3 is 9.64 Å². The molecule has 1 aromatic rings. The first kappa shape index (κ1) is 12.8. The molecule has 0 spiro atoms. The molecule has 0 unspecified atom stereocenters. The summed E-state index contributed by atoms with van der Waals surface area (Å²) in [5, 5.41) is 0. The SMILES string of the molecule is CC1(C)CN(c2cccc(Br)n2)CC(C)(C)O1. The fourth-order valence-corrected chi connectivity index (χ4v) is 2.86. The summed E-state index contributed by atoms with van der Waals surface area (Å²) in [6.07, 6.45) is 0. The zero-order valence-corrected chi connectivity index (χ0v) is 12.4. The lowest BCUT2D eigenvalue weighted by atomic mass is 9.99. The van der Waals surface area contributed by atoms with E-state index < -0.39 is 0 Å². The Morgan fingerprint density at radius 3 is 2.29 bits per heavy atom. The number of hydrogen-bond donors (Lipinski definition) is 0. The molecule has 17 heavy (non-hydrogen) atoms. The van der Waals surface area contributed by atoms with Crippen LogP contribution in [0.1, 0.15) is 27.7 Å². The van der Waals surface area contributed by atoms with Crippen LogP contribution in [0.25, 0.3) is 0 Å². The molecule has 1 aromatic heterocycles. The van der Waals surface area contributed by atoms with Crippen LogP contribution in [0.2, 0.25) is 0 Å². The summed E-state index contributed by atoms with van der Waals surface area (Å²) in [6, 6.07) is 6.00. The van der Waals surface area contributed by atoms with Crippen LogP contribution in [0.4, 0.5) is 5.82 Å². The van der Waals surface area contributed by atoms with Gasteiger partial charge in [0, 0.05) is 13.1 Å². The normalized spacial score (nSPS) is 22.5. The van der Waals surface area contributed by atoms with Crippen LogP contribution in [-0.4, -0.2) is 29.3 Å². The van der Waals surface area contributed by atoms with Gasteiger partial charge in [-0.25, -0.2) is 4.98 Å². The van der Waals surface area contributed by atoms with Gasteiger partial charge in [0.05, 0.1) is 11.2 Å². The van der Waals surface area contributed by atoms with Crippen molar-refractivity contribution in [2.24, 2.45) is 0 Å². The maximum absolute atomic E-state index is 6.06. The topological polar surface area (TPSA) is 25.4 Å². The predicted molar refractivity (Wildman–Crippen MR) is 73.4 cm³/mol. The first-order chi connectivity index (χ1) is 7.77. The highest BCUT2D eigenvalue weighted by molar-refractivity contribution is 9.10. The largest absolute Gasteiger partial charge is 0.366 e. The predicted octanol–water partition coefficient (Wildman–Crippen LogP) is 3.24. The second-order valence-electron chi connectivity index (χ2n) is 5.80. The summed E-state index contributed by atoms with van der Waals surface area (Å²) in [7, 11) is 0. The Morgan fingerprint density at radius 1 is 1.18 bits per heavy atom. The maximum atomic E-state index is 6.06. The molecule has 1 fully saturated rings. The second kappa shape index (κ2) is 4.25. The number of nitrogens with zero attached hydrogens (tertiary/aromatic N) is 2. The van der Waals surface area contributed by atoms with Crippen LogP contribution in [0, 0.1) is 0 Å². The molecule has 0 N–H and O–H groups in total. The Labute approximate surface area is 111 Å². The lowest BCUT2D eigenvalue weighted by Gasteiger charge is -2.47. The molecule has 2 heterocycles. The number of rotatable bonds is 1. The van der Waals surface area contributed by atoms with Crippen molar-refractivity contribution < 1.29 is 4.74 Å². The van der Waals surface area contributed by atoms with E-state index in [1.807, 2.05) is 18.2 Å². The molecular weight excluding hydrogens is 280 g/mol. The van der Waals surface area contributed by atoms with E-state index in [4.69, 9.17) is 4.74 Å². The van der Waals surface area contributed by atoms with E-state index in [2.05, 4.69) is 53.5 Å². The van der Waals surface area contributed by atoms with Crippen molar-refractivity contribution in [3.05, 3.63) is 22.8 Å².